The first-order chi connectivity index (χ1) is 13.1. The predicted octanol–water partition coefficient (Wildman–Crippen LogP) is 3.68. The number of fused-ring (bicyclic) bond motifs is 2. The highest BCUT2D eigenvalue weighted by Gasteiger charge is 2.28. The van der Waals surface area contributed by atoms with Gasteiger partial charge in [-0.05, 0) is 31.2 Å². The lowest BCUT2D eigenvalue weighted by molar-refractivity contribution is -0.122. The van der Waals surface area contributed by atoms with Crippen LogP contribution in [0, 0.1) is 12.7 Å². The van der Waals surface area contributed by atoms with Gasteiger partial charge in [-0.1, -0.05) is 6.07 Å². The standard InChI is InChI=1S/C20H19FN4O2/c1-11-22-15-9-12(25-7-5-18(25)26)10-16(20(15)23-11)24-14-6-8-27-17-4-2-3-13(21)19(14)17/h2-4,9-10,14,24H,5-8H2,1H3,(H,22,23). The number of nitrogens with zero attached hydrogens (tertiary/aromatic N) is 2. The van der Waals surface area contributed by atoms with Crippen LogP contribution in [0.15, 0.2) is 30.3 Å². The smallest absolute Gasteiger partial charge is 0.228 e. The number of aromatic amines is 1. The number of amides is 1. The van der Waals surface area contributed by atoms with Gasteiger partial charge in [0.1, 0.15) is 22.9 Å². The van der Waals surface area contributed by atoms with Gasteiger partial charge >= 0.3 is 0 Å². The molecule has 27 heavy (non-hydrogen) atoms. The van der Waals surface area contributed by atoms with E-state index in [2.05, 4.69) is 15.3 Å². The minimum Gasteiger partial charge on any atom is -0.493 e. The van der Waals surface area contributed by atoms with E-state index in [1.165, 1.54) is 6.07 Å². The number of imidazole rings is 1. The fourth-order valence-corrected chi connectivity index (χ4v) is 3.82. The molecule has 0 bridgehead atoms. The molecule has 2 N–H and O–H groups in total. The van der Waals surface area contributed by atoms with E-state index in [0.717, 1.165) is 28.2 Å². The Bertz CT molecular complexity index is 1060. The number of rotatable bonds is 3. The summed E-state index contributed by atoms with van der Waals surface area (Å²) in [4.78, 5) is 21.5. The number of aryl methyl sites for hydroxylation is 1. The summed E-state index contributed by atoms with van der Waals surface area (Å²) in [5.41, 5.74) is 3.79. The van der Waals surface area contributed by atoms with Crippen molar-refractivity contribution in [3.63, 3.8) is 0 Å². The minimum atomic E-state index is -0.284. The quantitative estimate of drug-likeness (QED) is 0.694. The number of halogens is 1. The number of hydrogen-bond donors (Lipinski definition) is 2. The average molecular weight is 366 g/mol. The predicted molar refractivity (Wildman–Crippen MR) is 101 cm³/mol. The van der Waals surface area contributed by atoms with Crippen molar-refractivity contribution < 1.29 is 13.9 Å². The van der Waals surface area contributed by atoms with Crippen LogP contribution >= 0.6 is 0 Å². The van der Waals surface area contributed by atoms with E-state index >= 15 is 0 Å². The number of carbonyl (C=O) groups excluding carboxylic acids is 1. The van der Waals surface area contributed by atoms with Gasteiger partial charge in [0.25, 0.3) is 0 Å². The molecule has 6 nitrogen and oxygen atoms in total. The number of ether oxygens (including phenoxy) is 1. The summed E-state index contributed by atoms with van der Waals surface area (Å²) in [7, 11) is 0. The highest BCUT2D eigenvalue weighted by atomic mass is 19.1. The molecule has 3 heterocycles. The van der Waals surface area contributed by atoms with Gasteiger partial charge in [0.2, 0.25) is 5.91 Å². The van der Waals surface area contributed by atoms with Crippen LogP contribution in [-0.4, -0.2) is 29.0 Å². The van der Waals surface area contributed by atoms with Gasteiger partial charge in [0.05, 0.1) is 29.4 Å². The zero-order chi connectivity index (χ0) is 18.5. The molecule has 1 aromatic heterocycles. The van der Waals surface area contributed by atoms with E-state index in [1.54, 1.807) is 17.0 Å². The van der Waals surface area contributed by atoms with Crippen LogP contribution in [0.3, 0.4) is 0 Å². The number of β-lactam (4-membered cyclic amide) rings is 1. The van der Waals surface area contributed by atoms with Crippen LogP contribution < -0.4 is 15.0 Å². The molecule has 138 valence electrons. The highest BCUT2D eigenvalue weighted by Crippen LogP contribution is 2.39. The zero-order valence-electron chi connectivity index (χ0n) is 14.9. The number of hydrogen-bond acceptors (Lipinski definition) is 4. The van der Waals surface area contributed by atoms with Gasteiger partial charge in [0.15, 0.2) is 0 Å². The maximum atomic E-state index is 14.5. The van der Waals surface area contributed by atoms with Crippen molar-refractivity contribution in [3.05, 3.63) is 47.5 Å². The molecular formula is C20H19FN4O2. The Morgan fingerprint density at radius 1 is 1.37 bits per heavy atom. The molecule has 3 aromatic rings. The van der Waals surface area contributed by atoms with Crippen molar-refractivity contribution >= 4 is 28.3 Å². The molecule has 2 aliphatic rings. The molecule has 5 rings (SSSR count). The van der Waals surface area contributed by atoms with Crippen LogP contribution in [0.2, 0.25) is 0 Å². The maximum absolute atomic E-state index is 14.5. The molecule has 2 aliphatic heterocycles. The molecule has 0 aliphatic carbocycles. The third kappa shape index (κ3) is 2.61. The van der Waals surface area contributed by atoms with E-state index in [4.69, 9.17) is 4.74 Å². The fraction of sp³-hybridized carbons (Fsp3) is 0.300. The second-order valence-corrected chi connectivity index (χ2v) is 6.99. The third-order valence-corrected chi connectivity index (χ3v) is 5.21. The fourth-order valence-electron chi connectivity index (χ4n) is 3.82. The molecule has 1 unspecified atom stereocenters. The van der Waals surface area contributed by atoms with Crippen molar-refractivity contribution in [2.75, 3.05) is 23.4 Å². The molecule has 1 saturated heterocycles. The molecule has 7 heteroatoms. The van der Waals surface area contributed by atoms with E-state index < -0.39 is 0 Å². The Morgan fingerprint density at radius 3 is 3.04 bits per heavy atom. The van der Waals surface area contributed by atoms with Crippen molar-refractivity contribution in [2.24, 2.45) is 0 Å². The normalized spacial score (nSPS) is 18.8. The number of carbonyl (C=O) groups is 1. The lowest BCUT2D eigenvalue weighted by Gasteiger charge is -2.32. The Hall–Kier alpha value is -3.09. The van der Waals surface area contributed by atoms with Gasteiger partial charge in [-0.2, -0.15) is 0 Å². The van der Waals surface area contributed by atoms with Gasteiger partial charge in [-0.25, -0.2) is 9.37 Å². The molecular weight excluding hydrogens is 347 g/mol. The largest absolute Gasteiger partial charge is 0.493 e. The monoisotopic (exact) mass is 366 g/mol. The van der Waals surface area contributed by atoms with Gasteiger partial charge < -0.3 is 19.9 Å². The van der Waals surface area contributed by atoms with E-state index in [9.17, 15) is 9.18 Å². The molecule has 0 radical (unpaired) electrons. The summed E-state index contributed by atoms with van der Waals surface area (Å²) in [6, 6.07) is 8.53. The van der Waals surface area contributed by atoms with Gasteiger partial charge in [0, 0.05) is 25.1 Å². The molecule has 1 amide bonds. The Labute approximate surface area is 155 Å². The van der Waals surface area contributed by atoms with Crippen molar-refractivity contribution in [3.8, 4) is 5.75 Å². The Balaban J connectivity index is 1.58. The molecule has 0 saturated carbocycles. The van der Waals surface area contributed by atoms with Gasteiger partial charge in [-0.15, -0.1) is 0 Å². The number of anilines is 2. The minimum absolute atomic E-state index is 0.110. The number of nitrogens with one attached hydrogen (secondary N) is 2. The number of benzene rings is 2. The molecule has 1 atom stereocenters. The Kier molecular flexibility index (Phi) is 3.56. The lowest BCUT2D eigenvalue weighted by Crippen LogP contribution is -2.43. The summed E-state index contributed by atoms with van der Waals surface area (Å²) in [6.07, 6.45) is 1.22. The van der Waals surface area contributed by atoms with E-state index in [1.807, 2.05) is 19.1 Å². The number of H-pyrrole nitrogens is 1. The lowest BCUT2D eigenvalue weighted by atomic mass is 9.99. The van der Waals surface area contributed by atoms with Crippen LogP contribution in [0.1, 0.15) is 30.3 Å². The van der Waals surface area contributed by atoms with Crippen LogP contribution in [-0.2, 0) is 4.79 Å². The highest BCUT2D eigenvalue weighted by molar-refractivity contribution is 6.02. The molecule has 1 fully saturated rings. The zero-order valence-corrected chi connectivity index (χ0v) is 14.9. The Morgan fingerprint density at radius 2 is 2.26 bits per heavy atom. The summed E-state index contributed by atoms with van der Waals surface area (Å²) < 4.78 is 20.1. The van der Waals surface area contributed by atoms with E-state index in [-0.39, 0.29) is 17.8 Å². The third-order valence-electron chi connectivity index (χ3n) is 5.21. The first-order valence-corrected chi connectivity index (χ1v) is 9.08. The topological polar surface area (TPSA) is 70.2 Å². The van der Waals surface area contributed by atoms with Crippen molar-refractivity contribution in [2.45, 2.75) is 25.8 Å². The second kappa shape index (κ2) is 5.97. The van der Waals surface area contributed by atoms with E-state index in [0.29, 0.717) is 37.3 Å². The van der Waals surface area contributed by atoms with Crippen LogP contribution in [0.25, 0.3) is 11.0 Å². The number of aromatic nitrogens is 2. The van der Waals surface area contributed by atoms with Crippen LogP contribution in [0.4, 0.5) is 15.8 Å². The first-order valence-electron chi connectivity index (χ1n) is 9.08. The molecule has 0 spiro atoms. The van der Waals surface area contributed by atoms with Crippen molar-refractivity contribution in [1.29, 1.82) is 0 Å². The maximum Gasteiger partial charge on any atom is 0.228 e. The SMILES string of the molecule is Cc1nc2c(NC3CCOc4cccc(F)c43)cc(N3CCC3=O)cc2[nH]1. The van der Waals surface area contributed by atoms with Crippen molar-refractivity contribution in [1.82, 2.24) is 9.97 Å². The summed E-state index contributed by atoms with van der Waals surface area (Å²) in [6.45, 7) is 3.12. The van der Waals surface area contributed by atoms with Crippen LogP contribution in [0.5, 0.6) is 5.75 Å². The first kappa shape index (κ1) is 16.1. The second-order valence-electron chi connectivity index (χ2n) is 6.99. The summed E-state index contributed by atoms with van der Waals surface area (Å²) in [5.74, 6) is 1.19. The van der Waals surface area contributed by atoms with Gasteiger partial charge in [-0.3, -0.25) is 4.79 Å². The average Bonchev–Trinajstić information content (AvgIpc) is 3.01. The summed E-state index contributed by atoms with van der Waals surface area (Å²) >= 11 is 0. The summed E-state index contributed by atoms with van der Waals surface area (Å²) in [5, 5.41) is 3.45. The molecule has 2 aromatic carbocycles.